The van der Waals surface area contributed by atoms with Crippen LogP contribution in [-0.2, 0) is 4.79 Å². The molecule has 2 N–H and O–H groups in total. The van der Waals surface area contributed by atoms with Crippen LogP contribution < -0.4 is 5.32 Å². The summed E-state index contributed by atoms with van der Waals surface area (Å²) in [6, 6.07) is 14.2. The highest BCUT2D eigenvalue weighted by Gasteiger charge is 2.24. The van der Waals surface area contributed by atoms with Crippen LogP contribution in [0, 0.1) is 11.7 Å². The van der Waals surface area contributed by atoms with Gasteiger partial charge in [0, 0.05) is 24.9 Å². The number of carbonyl (C=O) groups is 3. The molecular weight excluding hydrogens is 453 g/mol. The third-order valence-corrected chi connectivity index (χ3v) is 7.76. The third kappa shape index (κ3) is 5.89. The fourth-order valence-electron chi connectivity index (χ4n) is 4.71. The fraction of sp³-hybridized carbons (Fsp3) is 0.370. The second kappa shape index (κ2) is 10.9. The monoisotopic (exact) mass is 481 g/mol. The molecule has 0 bridgehead atoms. The second-order valence-electron chi connectivity index (χ2n) is 8.99. The van der Waals surface area contributed by atoms with Crippen molar-refractivity contribution in [2.45, 2.75) is 50.9 Å². The quantitative estimate of drug-likeness (QED) is 0.282. The van der Waals surface area contributed by atoms with Crippen LogP contribution in [-0.4, -0.2) is 29.3 Å². The second-order valence-corrected chi connectivity index (χ2v) is 10.0. The van der Waals surface area contributed by atoms with Gasteiger partial charge in [-0.3, -0.25) is 14.4 Å². The molecule has 0 aliphatic heterocycles. The molecule has 0 unspecified atom stereocenters. The minimum Gasteiger partial charge on any atom is -0.481 e. The Balaban J connectivity index is 1.21. The number of halogens is 1. The molecule has 1 aliphatic carbocycles. The molecule has 0 saturated heterocycles. The van der Waals surface area contributed by atoms with Crippen molar-refractivity contribution in [1.82, 2.24) is 5.32 Å². The van der Waals surface area contributed by atoms with Crippen LogP contribution in [0.4, 0.5) is 4.39 Å². The topological polar surface area (TPSA) is 83.5 Å². The molecule has 0 radical (unpaired) electrons. The standard InChI is InChI=1S/C27H28FNO4S/c28-22-4-1-3-21-16-24(34-26(21)22)27(33)29-14-2-5-23(30)20-12-10-19(11-13-20)18-8-6-17(7-9-18)15-25(31)32/h1,3-4,10-13,16-18H,2,5-9,14-15H2,(H,29,33)(H,31,32). The lowest BCUT2D eigenvalue weighted by Crippen LogP contribution is -2.24. The molecule has 2 aromatic carbocycles. The molecule has 1 aliphatic rings. The summed E-state index contributed by atoms with van der Waals surface area (Å²) >= 11 is 1.13. The van der Waals surface area contributed by atoms with Gasteiger partial charge < -0.3 is 10.4 Å². The average Bonchev–Trinajstić information content (AvgIpc) is 3.28. The highest BCUT2D eigenvalue weighted by Crippen LogP contribution is 2.37. The van der Waals surface area contributed by atoms with Crippen LogP contribution in [0.5, 0.6) is 0 Å². The van der Waals surface area contributed by atoms with Crippen molar-refractivity contribution in [2.24, 2.45) is 5.92 Å². The first-order chi connectivity index (χ1) is 16.4. The predicted molar refractivity (Wildman–Crippen MR) is 131 cm³/mol. The molecule has 1 amide bonds. The van der Waals surface area contributed by atoms with Crippen molar-refractivity contribution in [1.29, 1.82) is 0 Å². The van der Waals surface area contributed by atoms with Gasteiger partial charge in [0.1, 0.15) is 5.82 Å². The van der Waals surface area contributed by atoms with E-state index in [4.69, 9.17) is 5.11 Å². The van der Waals surface area contributed by atoms with E-state index >= 15 is 0 Å². The summed E-state index contributed by atoms with van der Waals surface area (Å²) in [5, 5.41) is 12.5. The van der Waals surface area contributed by atoms with E-state index in [1.807, 2.05) is 24.3 Å². The van der Waals surface area contributed by atoms with Crippen LogP contribution in [0.2, 0.25) is 0 Å². The zero-order valence-electron chi connectivity index (χ0n) is 18.9. The summed E-state index contributed by atoms with van der Waals surface area (Å²) in [6.45, 7) is 0.374. The van der Waals surface area contributed by atoms with Crippen LogP contribution >= 0.6 is 11.3 Å². The van der Waals surface area contributed by atoms with Gasteiger partial charge >= 0.3 is 5.97 Å². The van der Waals surface area contributed by atoms with Crippen molar-refractivity contribution in [2.75, 3.05) is 6.54 Å². The number of nitrogens with one attached hydrogen (secondary N) is 1. The number of Topliss-reactive ketones (excluding diaryl/α,β-unsaturated/α-hetero) is 1. The number of benzene rings is 2. The van der Waals surface area contributed by atoms with E-state index < -0.39 is 5.97 Å². The Labute approximate surface area is 202 Å². The number of ketones is 1. The minimum atomic E-state index is -0.721. The van der Waals surface area contributed by atoms with E-state index in [-0.39, 0.29) is 29.8 Å². The van der Waals surface area contributed by atoms with E-state index in [0.29, 0.717) is 45.8 Å². The number of rotatable bonds is 9. The molecule has 0 atom stereocenters. The maximum absolute atomic E-state index is 13.8. The van der Waals surface area contributed by atoms with Crippen molar-refractivity contribution in [3.8, 4) is 0 Å². The number of carbonyl (C=O) groups excluding carboxylic acids is 2. The molecule has 5 nitrogen and oxygen atoms in total. The number of hydrogen-bond donors (Lipinski definition) is 2. The van der Waals surface area contributed by atoms with Crippen LogP contribution in [0.15, 0.2) is 48.5 Å². The summed E-state index contributed by atoms with van der Waals surface area (Å²) < 4.78 is 14.3. The van der Waals surface area contributed by atoms with Crippen molar-refractivity contribution in [3.63, 3.8) is 0 Å². The van der Waals surface area contributed by atoms with Crippen LogP contribution in [0.3, 0.4) is 0 Å². The number of hydrogen-bond acceptors (Lipinski definition) is 4. The number of carboxylic acids is 1. The van der Waals surface area contributed by atoms with Gasteiger partial charge in [-0.15, -0.1) is 11.3 Å². The predicted octanol–water partition coefficient (Wildman–Crippen LogP) is 6.18. The Hall–Kier alpha value is -3.06. The van der Waals surface area contributed by atoms with Gasteiger partial charge in [0.05, 0.1) is 9.58 Å². The SMILES string of the molecule is O=C(O)CC1CCC(c2ccc(C(=O)CCCNC(=O)c3cc4cccc(F)c4s3)cc2)CC1. The maximum atomic E-state index is 13.8. The smallest absolute Gasteiger partial charge is 0.303 e. The van der Waals surface area contributed by atoms with E-state index in [0.717, 1.165) is 37.0 Å². The number of carboxylic acid groups (broad SMARTS) is 1. The molecule has 1 aromatic heterocycles. The van der Waals surface area contributed by atoms with Gasteiger partial charge in [-0.2, -0.15) is 0 Å². The summed E-state index contributed by atoms with van der Waals surface area (Å²) in [7, 11) is 0. The summed E-state index contributed by atoms with van der Waals surface area (Å²) in [5.41, 5.74) is 1.87. The Morgan fingerprint density at radius 3 is 2.44 bits per heavy atom. The Kier molecular flexibility index (Phi) is 7.73. The lowest BCUT2D eigenvalue weighted by atomic mass is 9.77. The molecule has 1 saturated carbocycles. The number of aliphatic carboxylic acids is 1. The van der Waals surface area contributed by atoms with Gasteiger partial charge in [-0.25, -0.2) is 4.39 Å². The van der Waals surface area contributed by atoms with Gasteiger partial charge in [-0.05, 0) is 67.0 Å². The largest absolute Gasteiger partial charge is 0.481 e. The lowest BCUT2D eigenvalue weighted by molar-refractivity contribution is -0.138. The number of fused-ring (bicyclic) bond motifs is 1. The molecule has 7 heteroatoms. The zero-order valence-corrected chi connectivity index (χ0v) is 19.7. The summed E-state index contributed by atoms with van der Waals surface area (Å²) in [6.07, 6.45) is 4.94. The average molecular weight is 482 g/mol. The van der Waals surface area contributed by atoms with Crippen LogP contribution in [0.1, 0.15) is 76.5 Å². The van der Waals surface area contributed by atoms with Gasteiger partial charge in [0.25, 0.3) is 5.91 Å². The molecule has 0 spiro atoms. The fourth-order valence-corrected chi connectivity index (χ4v) is 5.69. The molecule has 34 heavy (non-hydrogen) atoms. The Morgan fingerprint density at radius 1 is 1.03 bits per heavy atom. The molecule has 3 aromatic rings. The minimum absolute atomic E-state index is 0.0369. The van der Waals surface area contributed by atoms with Gasteiger partial charge in [-0.1, -0.05) is 36.4 Å². The normalized spacial score (nSPS) is 18.0. The Morgan fingerprint density at radius 2 is 1.76 bits per heavy atom. The van der Waals surface area contributed by atoms with Gasteiger partial charge in [0.15, 0.2) is 5.78 Å². The van der Waals surface area contributed by atoms with E-state index in [1.165, 1.54) is 11.6 Å². The number of amides is 1. The molecule has 4 rings (SSSR count). The summed E-state index contributed by atoms with van der Waals surface area (Å²) in [4.78, 5) is 36.3. The molecule has 1 heterocycles. The van der Waals surface area contributed by atoms with Crippen molar-refractivity contribution >= 4 is 39.1 Å². The first-order valence-corrected chi connectivity index (χ1v) is 12.5. The summed E-state index contributed by atoms with van der Waals surface area (Å²) in [5.74, 6) is -0.572. The van der Waals surface area contributed by atoms with E-state index in [2.05, 4.69) is 5.32 Å². The van der Waals surface area contributed by atoms with E-state index in [9.17, 15) is 18.8 Å². The zero-order chi connectivity index (χ0) is 24.1. The first kappa shape index (κ1) is 24.1. The van der Waals surface area contributed by atoms with Crippen LogP contribution in [0.25, 0.3) is 10.1 Å². The molecular formula is C27H28FNO4S. The highest BCUT2D eigenvalue weighted by atomic mass is 32.1. The number of thiophene rings is 1. The van der Waals surface area contributed by atoms with Crippen molar-refractivity contribution < 1.29 is 23.9 Å². The molecule has 178 valence electrons. The van der Waals surface area contributed by atoms with Crippen molar-refractivity contribution in [3.05, 3.63) is 70.4 Å². The lowest BCUT2D eigenvalue weighted by Gasteiger charge is -2.28. The maximum Gasteiger partial charge on any atom is 0.303 e. The highest BCUT2D eigenvalue weighted by molar-refractivity contribution is 7.20. The first-order valence-electron chi connectivity index (χ1n) is 11.7. The third-order valence-electron chi connectivity index (χ3n) is 6.60. The van der Waals surface area contributed by atoms with Gasteiger partial charge in [0.2, 0.25) is 0 Å². The Bertz CT molecular complexity index is 1180. The van der Waals surface area contributed by atoms with E-state index in [1.54, 1.807) is 18.2 Å². The molecule has 1 fully saturated rings.